The van der Waals surface area contributed by atoms with E-state index in [-0.39, 0.29) is 11.6 Å². The van der Waals surface area contributed by atoms with Gasteiger partial charge in [0, 0.05) is 26.9 Å². The molecular formula is C34H32ClN3O6S. The van der Waals surface area contributed by atoms with Crippen LogP contribution in [-0.2, 0) is 9.59 Å². The van der Waals surface area contributed by atoms with Gasteiger partial charge in [0.2, 0.25) is 11.7 Å². The normalized spacial score (nSPS) is 11.6. The number of nitrogens with one attached hydrogen (secondary N) is 3. The summed E-state index contributed by atoms with van der Waals surface area (Å²) in [5.74, 6) is -0.0710. The highest BCUT2D eigenvalue weighted by molar-refractivity contribution is 8.00. The molecule has 0 aromatic heterocycles. The minimum atomic E-state index is -0.568. The fraction of sp³-hybridized carbons (Fsp3) is 0.147. The van der Waals surface area contributed by atoms with Crippen molar-refractivity contribution in [1.29, 1.82) is 0 Å². The van der Waals surface area contributed by atoms with E-state index in [0.29, 0.717) is 44.8 Å². The van der Waals surface area contributed by atoms with Crippen molar-refractivity contribution in [1.82, 2.24) is 5.32 Å². The number of halogens is 1. The lowest BCUT2D eigenvalue weighted by atomic mass is 10.1. The van der Waals surface area contributed by atoms with Gasteiger partial charge in [-0.15, -0.1) is 11.8 Å². The van der Waals surface area contributed by atoms with Gasteiger partial charge < -0.3 is 30.2 Å². The monoisotopic (exact) mass is 645 g/mol. The van der Waals surface area contributed by atoms with E-state index in [2.05, 4.69) is 16.0 Å². The Hall–Kier alpha value is -4.93. The van der Waals surface area contributed by atoms with Crippen LogP contribution in [0.3, 0.4) is 0 Å². The lowest BCUT2D eigenvalue weighted by Crippen LogP contribution is -2.30. The molecule has 4 aromatic carbocycles. The van der Waals surface area contributed by atoms with Crippen LogP contribution in [0.15, 0.2) is 102 Å². The molecule has 0 spiro atoms. The molecule has 0 fully saturated rings. The van der Waals surface area contributed by atoms with Gasteiger partial charge in [-0.05, 0) is 79.2 Å². The van der Waals surface area contributed by atoms with Gasteiger partial charge in [-0.3, -0.25) is 14.4 Å². The molecule has 0 aliphatic heterocycles. The van der Waals surface area contributed by atoms with Gasteiger partial charge in [-0.2, -0.15) is 0 Å². The van der Waals surface area contributed by atoms with Gasteiger partial charge in [-0.25, -0.2) is 0 Å². The molecule has 3 N–H and O–H groups in total. The molecule has 3 amide bonds. The van der Waals surface area contributed by atoms with Crippen molar-refractivity contribution in [3.63, 3.8) is 0 Å². The summed E-state index contributed by atoms with van der Waals surface area (Å²) in [4.78, 5) is 40.3. The van der Waals surface area contributed by atoms with E-state index >= 15 is 0 Å². The van der Waals surface area contributed by atoms with Crippen molar-refractivity contribution in [2.45, 2.75) is 17.1 Å². The molecule has 0 bridgehead atoms. The Kier molecular flexibility index (Phi) is 11.5. The SMILES string of the molecule is COc1cc(/C=C(/NC(=O)c2ccccc2)C(=O)Nc2cccc(SC(C)C(=O)Nc3cccc(Cl)c3)c2)cc(OC)c1OC. The molecule has 0 heterocycles. The first kappa shape index (κ1) is 33.0. The highest BCUT2D eigenvalue weighted by Crippen LogP contribution is 2.38. The summed E-state index contributed by atoms with van der Waals surface area (Å²) in [7, 11) is 4.47. The van der Waals surface area contributed by atoms with Gasteiger partial charge in [0.1, 0.15) is 5.70 Å². The summed E-state index contributed by atoms with van der Waals surface area (Å²) in [6.07, 6.45) is 1.52. The number of hydrogen-bond acceptors (Lipinski definition) is 7. The number of rotatable bonds is 12. The Labute approximate surface area is 270 Å². The molecule has 1 atom stereocenters. The van der Waals surface area contributed by atoms with Gasteiger partial charge in [0.05, 0.1) is 26.6 Å². The third-order valence-electron chi connectivity index (χ3n) is 6.39. The van der Waals surface area contributed by atoms with Gasteiger partial charge in [0.15, 0.2) is 11.5 Å². The molecule has 4 rings (SSSR count). The number of carbonyl (C=O) groups excluding carboxylic acids is 3. The Morgan fingerprint density at radius 2 is 1.42 bits per heavy atom. The number of carbonyl (C=O) groups is 3. The highest BCUT2D eigenvalue weighted by atomic mass is 35.5. The first-order chi connectivity index (χ1) is 21.7. The fourth-order valence-corrected chi connectivity index (χ4v) is 5.32. The maximum Gasteiger partial charge on any atom is 0.272 e. The van der Waals surface area contributed by atoms with E-state index in [0.717, 1.165) is 4.90 Å². The maximum atomic E-state index is 13.6. The number of anilines is 2. The van der Waals surface area contributed by atoms with Gasteiger partial charge in [-0.1, -0.05) is 41.9 Å². The van der Waals surface area contributed by atoms with Crippen molar-refractivity contribution >= 4 is 58.5 Å². The molecule has 232 valence electrons. The molecule has 45 heavy (non-hydrogen) atoms. The molecule has 0 radical (unpaired) electrons. The van der Waals surface area contributed by atoms with Crippen molar-refractivity contribution < 1.29 is 28.6 Å². The quantitative estimate of drug-likeness (QED) is 0.113. The summed E-state index contributed by atoms with van der Waals surface area (Å²) in [5.41, 5.74) is 1.95. The first-order valence-corrected chi connectivity index (χ1v) is 15.0. The highest BCUT2D eigenvalue weighted by Gasteiger charge is 2.19. The first-order valence-electron chi connectivity index (χ1n) is 13.7. The average molecular weight is 646 g/mol. The van der Waals surface area contributed by atoms with E-state index in [9.17, 15) is 14.4 Å². The van der Waals surface area contributed by atoms with Crippen LogP contribution in [0.5, 0.6) is 17.2 Å². The van der Waals surface area contributed by atoms with E-state index in [1.54, 1.807) is 91.9 Å². The summed E-state index contributed by atoms with van der Waals surface area (Å²) in [6, 6.07) is 25.9. The molecule has 4 aromatic rings. The Bertz CT molecular complexity index is 1690. The van der Waals surface area contributed by atoms with E-state index in [1.807, 2.05) is 6.07 Å². The van der Waals surface area contributed by atoms with E-state index < -0.39 is 17.1 Å². The average Bonchev–Trinajstić information content (AvgIpc) is 3.04. The number of benzene rings is 4. The van der Waals surface area contributed by atoms with Crippen molar-refractivity contribution in [3.05, 3.63) is 113 Å². The molecule has 1 unspecified atom stereocenters. The Morgan fingerprint density at radius 3 is 2.04 bits per heavy atom. The zero-order valence-electron chi connectivity index (χ0n) is 25.1. The number of hydrogen-bond donors (Lipinski definition) is 3. The summed E-state index contributed by atoms with van der Waals surface area (Å²) in [6.45, 7) is 1.78. The second-order valence-corrected chi connectivity index (χ2v) is 11.4. The predicted molar refractivity (Wildman–Crippen MR) is 178 cm³/mol. The fourth-order valence-electron chi connectivity index (χ4n) is 4.21. The van der Waals surface area contributed by atoms with Crippen molar-refractivity contribution in [2.24, 2.45) is 0 Å². The predicted octanol–water partition coefficient (Wildman–Crippen LogP) is 6.89. The van der Waals surface area contributed by atoms with Crippen LogP contribution in [0.25, 0.3) is 6.08 Å². The van der Waals surface area contributed by atoms with Crippen LogP contribution in [0.2, 0.25) is 5.02 Å². The molecule has 0 aliphatic rings. The van der Waals surface area contributed by atoms with Gasteiger partial charge >= 0.3 is 0 Å². The second kappa shape index (κ2) is 15.7. The number of ether oxygens (including phenoxy) is 3. The largest absolute Gasteiger partial charge is 0.493 e. The zero-order chi connectivity index (χ0) is 32.3. The van der Waals surface area contributed by atoms with E-state index in [4.69, 9.17) is 25.8 Å². The Balaban J connectivity index is 1.57. The van der Waals surface area contributed by atoms with Crippen molar-refractivity contribution in [3.8, 4) is 17.2 Å². The third kappa shape index (κ3) is 9.04. The molecule has 0 saturated heterocycles. The third-order valence-corrected chi connectivity index (χ3v) is 7.72. The minimum absolute atomic E-state index is 0.0227. The smallest absolute Gasteiger partial charge is 0.272 e. The molecule has 0 saturated carbocycles. The zero-order valence-corrected chi connectivity index (χ0v) is 26.6. The number of thioether (sulfide) groups is 1. The lowest BCUT2D eigenvalue weighted by Gasteiger charge is -2.15. The molecular weight excluding hydrogens is 614 g/mol. The standard InChI is InChI=1S/C34H32ClN3O6S/c1-21(32(39)36-25-13-8-12-24(35)19-25)45-27-15-9-14-26(20-27)37-34(41)28(38-33(40)23-10-6-5-7-11-23)16-22-17-29(42-2)31(44-4)30(18-22)43-3/h5-21H,1-4H3,(H,36,39)(H,37,41)(H,38,40)/b28-16+. The van der Waals surface area contributed by atoms with Crippen LogP contribution < -0.4 is 30.2 Å². The second-order valence-electron chi connectivity index (χ2n) is 9.58. The minimum Gasteiger partial charge on any atom is -0.493 e. The Morgan fingerprint density at radius 1 is 0.778 bits per heavy atom. The summed E-state index contributed by atoms with van der Waals surface area (Å²) in [5, 5.41) is 8.50. The maximum absolute atomic E-state index is 13.6. The topological polar surface area (TPSA) is 115 Å². The summed E-state index contributed by atoms with van der Waals surface area (Å²) < 4.78 is 16.3. The summed E-state index contributed by atoms with van der Waals surface area (Å²) >= 11 is 7.35. The molecule has 0 aliphatic carbocycles. The van der Waals surface area contributed by atoms with Crippen LogP contribution >= 0.6 is 23.4 Å². The van der Waals surface area contributed by atoms with Crippen LogP contribution in [-0.4, -0.2) is 44.3 Å². The number of methoxy groups -OCH3 is 3. The van der Waals surface area contributed by atoms with Crippen LogP contribution in [0, 0.1) is 0 Å². The number of amides is 3. The molecule has 11 heteroatoms. The van der Waals surface area contributed by atoms with Crippen molar-refractivity contribution in [2.75, 3.05) is 32.0 Å². The van der Waals surface area contributed by atoms with Crippen LogP contribution in [0.1, 0.15) is 22.8 Å². The van der Waals surface area contributed by atoms with E-state index in [1.165, 1.54) is 39.2 Å². The van der Waals surface area contributed by atoms with Crippen LogP contribution in [0.4, 0.5) is 11.4 Å². The lowest BCUT2D eigenvalue weighted by molar-refractivity contribution is -0.115. The van der Waals surface area contributed by atoms with Gasteiger partial charge in [0.25, 0.3) is 11.8 Å². The molecule has 9 nitrogen and oxygen atoms in total.